The molecule has 0 bridgehead atoms. The standard InChI is InChI=1S/C16H13IO/c1-11-6-8-12(9-7-11)16-13-4-2-3-5-15(13)18-10-14(16)17/h2-9H,10H2,1H3. The molecule has 0 atom stereocenters. The molecular weight excluding hydrogens is 335 g/mol. The third kappa shape index (κ3) is 2.05. The van der Waals surface area contributed by atoms with Crippen molar-refractivity contribution in [3.05, 3.63) is 68.8 Å². The van der Waals surface area contributed by atoms with E-state index in [0.29, 0.717) is 6.61 Å². The summed E-state index contributed by atoms with van der Waals surface area (Å²) in [6, 6.07) is 16.9. The van der Waals surface area contributed by atoms with Crippen LogP contribution < -0.4 is 4.74 Å². The first-order chi connectivity index (χ1) is 8.75. The van der Waals surface area contributed by atoms with Crippen molar-refractivity contribution in [1.29, 1.82) is 0 Å². The molecule has 18 heavy (non-hydrogen) atoms. The molecule has 1 nitrogen and oxygen atoms in total. The summed E-state index contributed by atoms with van der Waals surface area (Å²) in [5.41, 5.74) is 5.05. The van der Waals surface area contributed by atoms with Gasteiger partial charge in [0.05, 0.1) is 0 Å². The van der Waals surface area contributed by atoms with Crippen LogP contribution in [0.2, 0.25) is 0 Å². The molecule has 0 fully saturated rings. The number of halogens is 1. The van der Waals surface area contributed by atoms with Crippen LogP contribution >= 0.6 is 22.6 Å². The first kappa shape index (κ1) is 11.8. The molecule has 0 aliphatic carbocycles. The summed E-state index contributed by atoms with van der Waals surface area (Å²) in [7, 11) is 0. The predicted molar refractivity (Wildman–Crippen MR) is 83.2 cm³/mol. The maximum atomic E-state index is 5.75. The van der Waals surface area contributed by atoms with E-state index in [1.807, 2.05) is 12.1 Å². The van der Waals surface area contributed by atoms with Crippen LogP contribution in [0.3, 0.4) is 0 Å². The minimum Gasteiger partial charge on any atom is -0.488 e. The predicted octanol–water partition coefficient (Wildman–Crippen LogP) is 4.58. The molecule has 3 rings (SSSR count). The number of rotatable bonds is 1. The van der Waals surface area contributed by atoms with E-state index in [4.69, 9.17) is 4.74 Å². The minimum absolute atomic E-state index is 0.667. The monoisotopic (exact) mass is 348 g/mol. The number of fused-ring (bicyclic) bond motifs is 1. The van der Waals surface area contributed by atoms with E-state index in [9.17, 15) is 0 Å². The van der Waals surface area contributed by atoms with Crippen molar-refractivity contribution in [3.63, 3.8) is 0 Å². The number of hydrogen-bond acceptors (Lipinski definition) is 1. The maximum absolute atomic E-state index is 5.75. The van der Waals surface area contributed by atoms with Crippen LogP contribution in [0, 0.1) is 6.92 Å². The molecule has 0 saturated heterocycles. The van der Waals surface area contributed by atoms with Crippen molar-refractivity contribution in [2.45, 2.75) is 6.92 Å². The van der Waals surface area contributed by atoms with Crippen LogP contribution in [0.5, 0.6) is 5.75 Å². The zero-order valence-corrected chi connectivity index (χ0v) is 12.3. The van der Waals surface area contributed by atoms with E-state index < -0.39 is 0 Å². The molecule has 2 aromatic carbocycles. The Morgan fingerprint density at radius 1 is 1.00 bits per heavy atom. The summed E-state index contributed by atoms with van der Waals surface area (Å²) < 4.78 is 7.01. The van der Waals surface area contributed by atoms with Crippen molar-refractivity contribution >= 4 is 28.2 Å². The lowest BCUT2D eigenvalue weighted by Gasteiger charge is -2.21. The lowest BCUT2D eigenvalue weighted by atomic mass is 9.95. The largest absolute Gasteiger partial charge is 0.488 e. The van der Waals surface area contributed by atoms with Gasteiger partial charge >= 0.3 is 0 Å². The van der Waals surface area contributed by atoms with Gasteiger partial charge in [0.2, 0.25) is 0 Å². The molecular formula is C16H13IO. The van der Waals surface area contributed by atoms with Gasteiger partial charge in [-0.15, -0.1) is 0 Å². The van der Waals surface area contributed by atoms with Crippen molar-refractivity contribution in [2.24, 2.45) is 0 Å². The Morgan fingerprint density at radius 2 is 1.72 bits per heavy atom. The van der Waals surface area contributed by atoms with Gasteiger partial charge in [-0.3, -0.25) is 0 Å². The number of hydrogen-bond donors (Lipinski definition) is 0. The second-order valence-electron chi connectivity index (χ2n) is 4.43. The summed E-state index contributed by atoms with van der Waals surface area (Å²) in [6.45, 7) is 2.78. The Morgan fingerprint density at radius 3 is 2.50 bits per heavy atom. The van der Waals surface area contributed by atoms with Crippen molar-refractivity contribution in [1.82, 2.24) is 0 Å². The normalized spacial score (nSPS) is 14.1. The molecule has 0 aromatic heterocycles. The van der Waals surface area contributed by atoms with E-state index in [0.717, 1.165) is 5.75 Å². The molecule has 0 N–H and O–H groups in total. The van der Waals surface area contributed by atoms with Crippen LogP contribution in [0.15, 0.2) is 52.1 Å². The summed E-state index contributed by atoms with van der Waals surface area (Å²) >= 11 is 2.38. The van der Waals surface area contributed by atoms with Gasteiger partial charge in [0.25, 0.3) is 0 Å². The van der Waals surface area contributed by atoms with E-state index in [1.54, 1.807) is 0 Å². The molecule has 1 aliphatic rings. The second kappa shape index (κ2) is 4.76. The highest BCUT2D eigenvalue weighted by molar-refractivity contribution is 14.1. The van der Waals surface area contributed by atoms with Gasteiger partial charge in [0.1, 0.15) is 12.4 Å². The highest BCUT2D eigenvalue weighted by atomic mass is 127. The fourth-order valence-corrected chi connectivity index (χ4v) is 2.95. The van der Waals surface area contributed by atoms with Gasteiger partial charge in [-0.25, -0.2) is 0 Å². The lowest BCUT2D eigenvalue weighted by molar-refractivity contribution is 0.356. The summed E-state index contributed by atoms with van der Waals surface area (Å²) in [4.78, 5) is 0. The number of ether oxygens (including phenoxy) is 1. The number of aryl methyl sites for hydroxylation is 1. The first-order valence-corrected chi connectivity index (χ1v) is 7.01. The molecule has 0 amide bonds. The van der Waals surface area contributed by atoms with Crippen LogP contribution in [0.4, 0.5) is 0 Å². The Hall–Kier alpha value is -1.29. The van der Waals surface area contributed by atoms with E-state index in [2.05, 4.69) is 65.9 Å². The summed E-state index contributed by atoms with van der Waals surface area (Å²) in [5.74, 6) is 0.980. The number of benzene rings is 2. The molecule has 0 radical (unpaired) electrons. The van der Waals surface area contributed by atoms with E-state index in [-0.39, 0.29) is 0 Å². The fraction of sp³-hybridized carbons (Fsp3) is 0.125. The second-order valence-corrected chi connectivity index (χ2v) is 5.73. The van der Waals surface area contributed by atoms with Crippen LogP contribution in [-0.4, -0.2) is 6.61 Å². The highest BCUT2D eigenvalue weighted by Crippen LogP contribution is 2.39. The van der Waals surface area contributed by atoms with Crippen molar-refractivity contribution in [3.8, 4) is 5.75 Å². The van der Waals surface area contributed by atoms with Crippen LogP contribution in [0.1, 0.15) is 16.7 Å². The minimum atomic E-state index is 0.667. The Labute approximate surface area is 121 Å². The van der Waals surface area contributed by atoms with Crippen LogP contribution in [0.25, 0.3) is 5.57 Å². The average molecular weight is 348 g/mol. The Balaban J connectivity index is 2.17. The summed E-state index contributed by atoms with van der Waals surface area (Å²) in [6.07, 6.45) is 0. The molecule has 0 spiro atoms. The van der Waals surface area contributed by atoms with Crippen molar-refractivity contribution < 1.29 is 4.74 Å². The van der Waals surface area contributed by atoms with E-state index >= 15 is 0 Å². The Bertz CT molecular complexity index is 611. The van der Waals surface area contributed by atoms with Gasteiger partial charge in [-0.2, -0.15) is 0 Å². The molecule has 1 heterocycles. The lowest BCUT2D eigenvalue weighted by Crippen LogP contribution is -2.08. The average Bonchev–Trinajstić information content (AvgIpc) is 2.40. The summed E-state index contributed by atoms with van der Waals surface area (Å²) in [5, 5.41) is 0. The molecule has 90 valence electrons. The first-order valence-electron chi connectivity index (χ1n) is 5.93. The third-order valence-corrected chi connectivity index (χ3v) is 3.97. The van der Waals surface area contributed by atoms with Crippen LogP contribution in [-0.2, 0) is 0 Å². The van der Waals surface area contributed by atoms with Crippen molar-refractivity contribution in [2.75, 3.05) is 6.61 Å². The Kier molecular flexibility index (Phi) is 3.12. The highest BCUT2D eigenvalue weighted by Gasteiger charge is 2.19. The maximum Gasteiger partial charge on any atom is 0.127 e. The van der Waals surface area contributed by atoms with Gasteiger partial charge < -0.3 is 4.74 Å². The zero-order chi connectivity index (χ0) is 12.5. The molecule has 2 aromatic rings. The quantitative estimate of drug-likeness (QED) is 0.686. The third-order valence-electron chi connectivity index (χ3n) is 3.12. The van der Waals surface area contributed by atoms with Gasteiger partial charge in [-0.05, 0) is 41.1 Å². The number of para-hydroxylation sites is 1. The van der Waals surface area contributed by atoms with Gasteiger partial charge in [0, 0.05) is 14.7 Å². The molecule has 1 aliphatic heterocycles. The molecule has 0 unspecified atom stereocenters. The van der Waals surface area contributed by atoms with Gasteiger partial charge in [0.15, 0.2) is 0 Å². The fourth-order valence-electron chi connectivity index (χ4n) is 2.19. The SMILES string of the molecule is Cc1ccc(C2=C(I)COc3ccccc32)cc1. The van der Waals surface area contributed by atoms with Gasteiger partial charge in [-0.1, -0.05) is 48.0 Å². The smallest absolute Gasteiger partial charge is 0.127 e. The molecule has 0 saturated carbocycles. The zero-order valence-electron chi connectivity index (χ0n) is 10.1. The topological polar surface area (TPSA) is 9.23 Å². The molecule has 2 heteroatoms. The van der Waals surface area contributed by atoms with E-state index in [1.165, 1.54) is 25.8 Å².